The molecule has 94 valence electrons. The molecule has 1 nitrogen and oxygen atoms in total. The van der Waals surface area contributed by atoms with Gasteiger partial charge in [0.1, 0.15) is 11.6 Å². The molecule has 2 rings (SSSR count). The molecule has 5 heteroatoms. The zero-order valence-electron chi connectivity index (χ0n) is 9.13. The van der Waals surface area contributed by atoms with Gasteiger partial charge in [-0.1, -0.05) is 28.1 Å². The minimum Gasteiger partial charge on any atom is -0.320 e. The van der Waals surface area contributed by atoms with Gasteiger partial charge < -0.3 is 5.73 Å². The first-order valence-corrected chi connectivity index (χ1v) is 6.73. The maximum Gasteiger partial charge on any atom is 0.137 e. The van der Waals surface area contributed by atoms with Gasteiger partial charge in [-0.2, -0.15) is 0 Å². The SMILES string of the molecule is NC(c1ccc(F)c(Br)c1)c1c(F)cccc1Br. The first kappa shape index (κ1) is 13.6. The van der Waals surface area contributed by atoms with E-state index in [2.05, 4.69) is 31.9 Å². The lowest BCUT2D eigenvalue weighted by Crippen LogP contribution is -2.14. The zero-order chi connectivity index (χ0) is 13.3. The molecule has 0 spiro atoms. The lowest BCUT2D eigenvalue weighted by Gasteiger charge is -2.15. The van der Waals surface area contributed by atoms with E-state index in [1.807, 2.05) is 0 Å². The molecule has 2 aromatic rings. The second-order valence-corrected chi connectivity index (χ2v) is 5.50. The Labute approximate surface area is 120 Å². The fourth-order valence-corrected chi connectivity index (χ4v) is 2.67. The Morgan fingerprint density at radius 3 is 2.28 bits per heavy atom. The van der Waals surface area contributed by atoms with Crippen LogP contribution < -0.4 is 5.73 Å². The third-order valence-electron chi connectivity index (χ3n) is 2.61. The summed E-state index contributed by atoms with van der Waals surface area (Å²) >= 11 is 6.36. The maximum atomic E-state index is 13.8. The van der Waals surface area contributed by atoms with Crippen LogP contribution in [-0.2, 0) is 0 Å². The van der Waals surface area contributed by atoms with Crippen molar-refractivity contribution in [2.45, 2.75) is 6.04 Å². The van der Waals surface area contributed by atoms with Gasteiger partial charge in [0.25, 0.3) is 0 Å². The summed E-state index contributed by atoms with van der Waals surface area (Å²) in [6.07, 6.45) is 0. The summed E-state index contributed by atoms with van der Waals surface area (Å²) < 4.78 is 27.8. The monoisotopic (exact) mass is 375 g/mol. The quantitative estimate of drug-likeness (QED) is 0.818. The molecule has 2 aromatic carbocycles. The van der Waals surface area contributed by atoms with E-state index in [0.717, 1.165) is 0 Å². The summed E-state index contributed by atoms with van der Waals surface area (Å²) in [6, 6.07) is 8.40. The van der Waals surface area contributed by atoms with Crippen LogP contribution >= 0.6 is 31.9 Å². The van der Waals surface area contributed by atoms with Crippen LogP contribution in [0.4, 0.5) is 8.78 Å². The lowest BCUT2D eigenvalue weighted by atomic mass is 9.99. The molecule has 0 fully saturated rings. The minimum atomic E-state index is -0.655. The molecule has 0 aromatic heterocycles. The highest BCUT2D eigenvalue weighted by Crippen LogP contribution is 2.30. The Morgan fingerprint density at radius 1 is 0.944 bits per heavy atom. The van der Waals surface area contributed by atoms with Crippen LogP contribution in [0.5, 0.6) is 0 Å². The van der Waals surface area contributed by atoms with Crippen molar-refractivity contribution < 1.29 is 8.78 Å². The molecule has 0 saturated heterocycles. The minimum absolute atomic E-state index is 0.308. The third kappa shape index (κ3) is 2.63. The van der Waals surface area contributed by atoms with E-state index >= 15 is 0 Å². The highest BCUT2D eigenvalue weighted by molar-refractivity contribution is 9.10. The molecule has 2 N–H and O–H groups in total. The molecule has 0 aliphatic rings. The first-order chi connectivity index (χ1) is 8.50. The van der Waals surface area contributed by atoms with Crippen LogP contribution in [0, 0.1) is 11.6 Å². The molecule has 0 heterocycles. The van der Waals surface area contributed by atoms with Crippen molar-refractivity contribution in [2.24, 2.45) is 5.73 Å². The molecule has 1 atom stereocenters. The van der Waals surface area contributed by atoms with E-state index in [-0.39, 0.29) is 5.82 Å². The summed E-state index contributed by atoms with van der Waals surface area (Å²) in [6.45, 7) is 0. The van der Waals surface area contributed by atoms with Crippen LogP contribution in [0.15, 0.2) is 45.3 Å². The number of hydrogen-bond acceptors (Lipinski definition) is 1. The zero-order valence-corrected chi connectivity index (χ0v) is 12.3. The largest absolute Gasteiger partial charge is 0.320 e. The number of benzene rings is 2. The van der Waals surface area contributed by atoms with Gasteiger partial charge in [0, 0.05) is 10.0 Å². The van der Waals surface area contributed by atoms with Crippen molar-refractivity contribution in [3.8, 4) is 0 Å². The molecule has 1 unspecified atom stereocenters. The molecule has 0 amide bonds. The summed E-state index contributed by atoms with van der Waals surface area (Å²) in [4.78, 5) is 0. The fourth-order valence-electron chi connectivity index (χ4n) is 1.68. The average Bonchev–Trinajstić information content (AvgIpc) is 2.32. The van der Waals surface area contributed by atoms with Gasteiger partial charge in [-0.05, 0) is 45.8 Å². The van der Waals surface area contributed by atoms with Crippen molar-refractivity contribution in [1.82, 2.24) is 0 Å². The van der Waals surface area contributed by atoms with Crippen LogP contribution in [-0.4, -0.2) is 0 Å². The second-order valence-electron chi connectivity index (χ2n) is 3.79. The Bertz CT molecular complexity index is 567. The predicted octanol–water partition coefficient (Wildman–Crippen LogP) is 4.54. The first-order valence-electron chi connectivity index (χ1n) is 5.15. The molecule has 0 radical (unpaired) electrons. The van der Waals surface area contributed by atoms with Crippen LogP contribution in [0.2, 0.25) is 0 Å². The van der Waals surface area contributed by atoms with E-state index in [0.29, 0.717) is 20.1 Å². The Kier molecular flexibility index (Phi) is 4.14. The highest BCUT2D eigenvalue weighted by atomic mass is 79.9. The van der Waals surface area contributed by atoms with E-state index in [4.69, 9.17) is 5.73 Å². The van der Waals surface area contributed by atoms with E-state index in [1.165, 1.54) is 12.1 Å². The molecule has 0 bridgehead atoms. The molecule has 18 heavy (non-hydrogen) atoms. The Balaban J connectivity index is 2.48. The van der Waals surface area contributed by atoms with Gasteiger partial charge in [0.2, 0.25) is 0 Å². The van der Waals surface area contributed by atoms with Gasteiger partial charge >= 0.3 is 0 Å². The van der Waals surface area contributed by atoms with Crippen LogP contribution in [0.3, 0.4) is 0 Å². The Morgan fingerprint density at radius 2 is 1.67 bits per heavy atom. The molecular weight excluding hydrogens is 368 g/mol. The molecular formula is C13H9Br2F2N. The van der Waals surface area contributed by atoms with Crippen molar-refractivity contribution in [1.29, 1.82) is 0 Å². The number of nitrogens with two attached hydrogens (primary N) is 1. The topological polar surface area (TPSA) is 26.0 Å². The maximum absolute atomic E-state index is 13.8. The van der Waals surface area contributed by atoms with E-state index in [1.54, 1.807) is 24.3 Å². The van der Waals surface area contributed by atoms with Gasteiger partial charge in [0.15, 0.2) is 0 Å². The van der Waals surface area contributed by atoms with Crippen molar-refractivity contribution in [2.75, 3.05) is 0 Å². The van der Waals surface area contributed by atoms with Gasteiger partial charge in [-0.3, -0.25) is 0 Å². The van der Waals surface area contributed by atoms with Crippen LogP contribution in [0.1, 0.15) is 17.2 Å². The van der Waals surface area contributed by atoms with E-state index in [9.17, 15) is 8.78 Å². The second kappa shape index (κ2) is 5.47. The highest BCUT2D eigenvalue weighted by Gasteiger charge is 2.17. The van der Waals surface area contributed by atoms with E-state index < -0.39 is 11.9 Å². The van der Waals surface area contributed by atoms with Crippen LogP contribution in [0.25, 0.3) is 0 Å². The van der Waals surface area contributed by atoms with Gasteiger partial charge in [-0.15, -0.1) is 0 Å². The van der Waals surface area contributed by atoms with Crippen molar-refractivity contribution >= 4 is 31.9 Å². The Hall–Kier alpha value is -0.780. The van der Waals surface area contributed by atoms with Crippen molar-refractivity contribution in [3.05, 3.63) is 68.1 Å². The molecule has 0 aliphatic heterocycles. The van der Waals surface area contributed by atoms with Crippen molar-refractivity contribution in [3.63, 3.8) is 0 Å². The molecule has 0 aliphatic carbocycles. The predicted molar refractivity (Wildman–Crippen MR) is 74.2 cm³/mol. The number of halogens is 4. The average molecular weight is 377 g/mol. The van der Waals surface area contributed by atoms with Gasteiger partial charge in [0.05, 0.1) is 10.5 Å². The lowest BCUT2D eigenvalue weighted by molar-refractivity contribution is 0.596. The smallest absolute Gasteiger partial charge is 0.137 e. The number of hydrogen-bond donors (Lipinski definition) is 1. The summed E-state index contributed by atoms with van der Waals surface area (Å²) in [5.74, 6) is -0.768. The fraction of sp³-hybridized carbons (Fsp3) is 0.0769. The third-order valence-corrected chi connectivity index (χ3v) is 3.91. The molecule has 0 saturated carbocycles. The summed E-state index contributed by atoms with van der Waals surface area (Å²) in [7, 11) is 0. The normalized spacial score (nSPS) is 12.5. The van der Waals surface area contributed by atoms with Gasteiger partial charge in [-0.25, -0.2) is 8.78 Å². The standard InChI is InChI=1S/C13H9Br2F2N/c14-8-2-1-3-11(17)12(8)13(18)7-4-5-10(16)9(15)6-7/h1-6,13H,18H2. The summed E-state index contributed by atoms with van der Waals surface area (Å²) in [5, 5.41) is 0. The summed E-state index contributed by atoms with van der Waals surface area (Å²) in [5.41, 5.74) is 7.01. The number of rotatable bonds is 2.